The Morgan fingerprint density at radius 3 is 2.66 bits per heavy atom. The minimum absolute atomic E-state index is 0.0135. The van der Waals surface area contributed by atoms with E-state index < -0.39 is 12.0 Å². The van der Waals surface area contributed by atoms with Crippen LogP contribution >= 0.6 is 11.3 Å². The van der Waals surface area contributed by atoms with E-state index in [1.54, 1.807) is 38.1 Å². The summed E-state index contributed by atoms with van der Waals surface area (Å²) in [5, 5.41) is 19.0. The summed E-state index contributed by atoms with van der Waals surface area (Å²) in [6.07, 6.45) is 1.37. The fraction of sp³-hybridized carbons (Fsp3) is 0.440. The van der Waals surface area contributed by atoms with Crippen LogP contribution in [0.2, 0.25) is 0 Å². The van der Waals surface area contributed by atoms with Gasteiger partial charge in [0, 0.05) is 43.6 Å². The molecule has 1 aliphatic rings. The van der Waals surface area contributed by atoms with Crippen LogP contribution in [0.1, 0.15) is 50.9 Å². The number of morpholine rings is 1. The number of hydrogen-bond acceptors (Lipinski definition) is 10. The third kappa shape index (κ3) is 7.43. The van der Waals surface area contributed by atoms with Crippen LogP contribution in [-0.4, -0.2) is 81.8 Å². The van der Waals surface area contributed by atoms with Crippen LogP contribution in [0.3, 0.4) is 0 Å². The standard InChI is InChI=1S/C25H30N6O6S/c1-15-21(24(34)35)38-25(26-15)29-20(32)14-19(7-4-8-31-9-11-36-12-10-31)28-23(33)18-6-3-5-17(13-18)22-27-16(2)37-30-22/h3,5-6,13,19H,4,7-12,14H2,1-2H3,(H,28,33)(H,34,35)(H,26,29,32)/t19-/m0/s1. The number of carbonyl (C=O) groups is 3. The second-order valence-corrected chi connectivity index (χ2v) is 9.97. The molecule has 202 valence electrons. The van der Waals surface area contributed by atoms with Crippen LogP contribution in [0.5, 0.6) is 0 Å². The topological polar surface area (TPSA) is 160 Å². The van der Waals surface area contributed by atoms with E-state index in [1.165, 1.54) is 0 Å². The first-order chi connectivity index (χ1) is 18.3. The molecule has 13 heteroatoms. The molecule has 4 rings (SSSR count). The summed E-state index contributed by atoms with van der Waals surface area (Å²) in [5.41, 5.74) is 1.39. The number of aromatic nitrogens is 3. The monoisotopic (exact) mass is 542 g/mol. The molecule has 1 atom stereocenters. The highest BCUT2D eigenvalue weighted by Gasteiger charge is 2.21. The van der Waals surface area contributed by atoms with E-state index in [2.05, 4.69) is 30.7 Å². The SMILES string of the molecule is Cc1nc(-c2cccc(C(=O)N[C@@H](CCCN3CCOCC3)CC(=O)Nc3nc(C)c(C(=O)O)s3)c2)no1. The van der Waals surface area contributed by atoms with E-state index >= 15 is 0 Å². The van der Waals surface area contributed by atoms with Gasteiger partial charge in [0.25, 0.3) is 5.91 Å². The molecule has 0 radical (unpaired) electrons. The van der Waals surface area contributed by atoms with Crippen molar-refractivity contribution >= 4 is 34.3 Å². The lowest BCUT2D eigenvalue weighted by Crippen LogP contribution is -2.40. The number of benzene rings is 1. The van der Waals surface area contributed by atoms with Gasteiger partial charge in [-0.2, -0.15) is 4.98 Å². The highest BCUT2D eigenvalue weighted by molar-refractivity contribution is 7.17. The third-order valence-electron chi connectivity index (χ3n) is 6.05. The highest BCUT2D eigenvalue weighted by Crippen LogP contribution is 2.23. The molecule has 2 aromatic heterocycles. The smallest absolute Gasteiger partial charge is 0.347 e. The maximum Gasteiger partial charge on any atom is 0.347 e. The van der Waals surface area contributed by atoms with E-state index in [4.69, 9.17) is 9.26 Å². The molecule has 0 spiro atoms. The van der Waals surface area contributed by atoms with Gasteiger partial charge in [-0.05, 0) is 38.4 Å². The van der Waals surface area contributed by atoms with Gasteiger partial charge in [0.2, 0.25) is 17.6 Å². The molecule has 0 unspecified atom stereocenters. The Labute approximate surface area is 223 Å². The lowest BCUT2D eigenvalue weighted by Gasteiger charge is -2.27. The zero-order chi connectivity index (χ0) is 27.1. The summed E-state index contributed by atoms with van der Waals surface area (Å²) in [4.78, 5) is 48.0. The van der Waals surface area contributed by atoms with Crippen molar-refractivity contribution in [3.05, 3.63) is 46.3 Å². The molecule has 0 aliphatic carbocycles. The molecule has 3 aromatic rings. The summed E-state index contributed by atoms with van der Waals surface area (Å²) in [5.74, 6) is -0.963. The minimum atomic E-state index is -1.09. The second-order valence-electron chi connectivity index (χ2n) is 8.98. The lowest BCUT2D eigenvalue weighted by molar-refractivity contribution is -0.116. The van der Waals surface area contributed by atoms with Gasteiger partial charge in [-0.3, -0.25) is 14.5 Å². The lowest BCUT2D eigenvalue weighted by atomic mass is 10.0. The molecule has 3 heterocycles. The van der Waals surface area contributed by atoms with Gasteiger partial charge < -0.3 is 25.0 Å². The van der Waals surface area contributed by atoms with Crippen molar-refractivity contribution in [2.75, 3.05) is 38.2 Å². The fourth-order valence-corrected chi connectivity index (χ4v) is 4.96. The molecule has 0 saturated carbocycles. The predicted octanol–water partition coefficient (Wildman–Crippen LogP) is 2.75. The van der Waals surface area contributed by atoms with Gasteiger partial charge in [0.1, 0.15) is 4.88 Å². The second kappa shape index (κ2) is 12.7. The first-order valence-corrected chi connectivity index (χ1v) is 13.1. The van der Waals surface area contributed by atoms with Crippen molar-refractivity contribution in [2.24, 2.45) is 0 Å². The third-order valence-corrected chi connectivity index (χ3v) is 7.11. The molecular weight excluding hydrogens is 512 g/mol. The molecular formula is C25H30N6O6S. The molecule has 1 fully saturated rings. The summed E-state index contributed by atoms with van der Waals surface area (Å²) in [7, 11) is 0. The van der Waals surface area contributed by atoms with Crippen LogP contribution in [0, 0.1) is 13.8 Å². The molecule has 38 heavy (non-hydrogen) atoms. The molecule has 3 N–H and O–H groups in total. The van der Waals surface area contributed by atoms with Crippen molar-refractivity contribution < 1.29 is 28.8 Å². The van der Waals surface area contributed by atoms with Gasteiger partial charge in [-0.25, -0.2) is 9.78 Å². The van der Waals surface area contributed by atoms with E-state index in [0.717, 1.165) is 37.4 Å². The van der Waals surface area contributed by atoms with E-state index in [0.29, 0.717) is 48.2 Å². The number of nitrogens with one attached hydrogen (secondary N) is 2. The summed E-state index contributed by atoms with van der Waals surface area (Å²) in [6, 6.07) is 6.44. The van der Waals surface area contributed by atoms with E-state index in [9.17, 15) is 19.5 Å². The number of carboxylic acid groups (broad SMARTS) is 1. The number of carbonyl (C=O) groups excluding carboxylic acids is 2. The van der Waals surface area contributed by atoms with E-state index in [1.807, 2.05) is 0 Å². The van der Waals surface area contributed by atoms with Crippen molar-refractivity contribution in [3.8, 4) is 11.4 Å². The number of hydrogen-bond donors (Lipinski definition) is 3. The maximum atomic E-state index is 13.2. The van der Waals surface area contributed by atoms with Crippen LogP contribution in [0.25, 0.3) is 11.4 Å². The molecule has 0 bridgehead atoms. The number of anilines is 1. The number of amides is 2. The van der Waals surface area contributed by atoms with Crippen molar-refractivity contribution in [1.29, 1.82) is 0 Å². The van der Waals surface area contributed by atoms with Crippen molar-refractivity contribution in [2.45, 2.75) is 39.2 Å². The van der Waals surface area contributed by atoms with Crippen LogP contribution < -0.4 is 10.6 Å². The number of ether oxygens (including phenoxy) is 1. The maximum absolute atomic E-state index is 13.2. The molecule has 12 nitrogen and oxygen atoms in total. The van der Waals surface area contributed by atoms with Gasteiger partial charge in [0.05, 0.1) is 18.9 Å². The molecule has 1 saturated heterocycles. The number of nitrogens with zero attached hydrogens (tertiary/aromatic N) is 4. The zero-order valence-electron chi connectivity index (χ0n) is 21.2. The molecule has 1 aromatic carbocycles. The summed E-state index contributed by atoms with van der Waals surface area (Å²) < 4.78 is 10.4. The first kappa shape index (κ1) is 27.4. The van der Waals surface area contributed by atoms with Gasteiger partial charge in [0.15, 0.2) is 5.13 Å². The van der Waals surface area contributed by atoms with Gasteiger partial charge in [-0.15, -0.1) is 0 Å². The van der Waals surface area contributed by atoms with Crippen LogP contribution in [0.15, 0.2) is 28.8 Å². The Morgan fingerprint density at radius 2 is 1.97 bits per heavy atom. The number of aromatic carboxylic acids is 1. The van der Waals surface area contributed by atoms with Gasteiger partial charge >= 0.3 is 5.97 Å². The number of thiazole rings is 1. The predicted molar refractivity (Wildman–Crippen MR) is 139 cm³/mol. The number of rotatable bonds is 11. The average Bonchev–Trinajstić information content (AvgIpc) is 3.49. The van der Waals surface area contributed by atoms with Crippen molar-refractivity contribution in [1.82, 2.24) is 25.3 Å². The molecule has 2 amide bonds. The first-order valence-electron chi connectivity index (χ1n) is 12.3. The quantitative estimate of drug-likeness (QED) is 0.329. The van der Waals surface area contributed by atoms with Crippen LogP contribution in [-0.2, 0) is 9.53 Å². The summed E-state index contributed by atoms with van der Waals surface area (Å²) in [6.45, 7) is 7.21. The van der Waals surface area contributed by atoms with E-state index in [-0.39, 0.29) is 28.2 Å². The largest absolute Gasteiger partial charge is 0.477 e. The Balaban J connectivity index is 1.42. The Kier molecular flexibility index (Phi) is 9.15. The Hall–Kier alpha value is -3.68. The summed E-state index contributed by atoms with van der Waals surface area (Å²) >= 11 is 0.904. The van der Waals surface area contributed by atoms with Gasteiger partial charge in [-0.1, -0.05) is 28.6 Å². The fourth-order valence-electron chi connectivity index (χ4n) is 4.14. The normalized spacial score (nSPS) is 14.7. The Morgan fingerprint density at radius 1 is 1.18 bits per heavy atom. The highest BCUT2D eigenvalue weighted by atomic mass is 32.1. The number of aryl methyl sites for hydroxylation is 2. The zero-order valence-corrected chi connectivity index (χ0v) is 22.0. The molecule has 1 aliphatic heterocycles. The Bertz CT molecular complexity index is 1280. The van der Waals surface area contributed by atoms with Crippen LogP contribution in [0.4, 0.5) is 5.13 Å². The van der Waals surface area contributed by atoms with Crippen molar-refractivity contribution in [3.63, 3.8) is 0 Å². The minimum Gasteiger partial charge on any atom is -0.477 e. The average molecular weight is 543 g/mol. The number of carboxylic acids is 1.